The predicted molar refractivity (Wildman–Crippen MR) is 73.0 cm³/mol. The number of rotatable bonds is 2. The van der Waals surface area contributed by atoms with Crippen molar-refractivity contribution in [3.05, 3.63) is 35.8 Å². The maximum atomic E-state index is 12.6. The van der Waals surface area contributed by atoms with Gasteiger partial charge in [0.25, 0.3) is 5.91 Å². The number of aromatic nitrogens is 4. The molecule has 0 unspecified atom stereocenters. The quantitative estimate of drug-likeness (QED) is 0.782. The summed E-state index contributed by atoms with van der Waals surface area (Å²) >= 11 is 0. The van der Waals surface area contributed by atoms with E-state index in [-0.39, 0.29) is 11.8 Å². The van der Waals surface area contributed by atoms with E-state index < -0.39 is 5.41 Å². The van der Waals surface area contributed by atoms with Crippen LogP contribution >= 0.6 is 0 Å². The Bertz CT molecular complexity index is 704. The van der Waals surface area contributed by atoms with Crippen molar-refractivity contribution in [2.24, 2.45) is 5.92 Å². The number of amides is 1. The molecule has 0 radical (unpaired) electrons. The summed E-state index contributed by atoms with van der Waals surface area (Å²) in [7, 11) is 0. The monoisotopic (exact) mass is 301 g/mol. The highest BCUT2D eigenvalue weighted by Crippen LogP contribution is 2.43. The number of ether oxygens (including phenoxy) is 1. The van der Waals surface area contributed by atoms with Gasteiger partial charge in [-0.05, 0) is 6.07 Å². The van der Waals surface area contributed by atoms with E-state index in [4.69, 9.17) is 9.15 Å². The highest BCUT2D eigenvalue weighted by Gasteiger charge is 2.56. The molecule has 0 aliphatic carbocycles. The first kappa shape index (κ1) is 13.3. The first-order valence-electron chi connectivity index (χ1n) is 7.13. The molecule has 0 bridgehead atoms. The summed E-state index contributed by atoms with van der Waals surface area (Å²) in [5.74, 6) is 1.21. The molecule has 4 heterocycles. The van der Waals surface area contributed by atoms with Gasteiger partial charge in [0.2, 0.25) is 11.8 Å². The Morgan fingerprint density at radius 1 is 1.41 bits per heavy atom. The summed E-state index contributed by atoms with van der Waals surface area (Å²) in [6.45, 7) is 3.99. The molecule has 0 saturated carbocycles. The normalized spacial score (nSPS) is 27.1. The molecular weight excluding hydrogens is 286 g/mol. The van der Waals surface area contributed by atoms with Gasteiger partial charge in [-0.3, -0.25) is 4.79 Å². The molecule has 2 aliphatic heterocycles. The number of likely N-dealkylation sites (tertiary alicyclic amines) is 1. The molecule has 2 atom stereocenters. The molecule has 2 aliphatic rings. The van der Waals surface area contributed by atoms with E-state index >= 15 is 0 Å². The van der Waals surface area contributed by atoms with Gasteiger partial charge < -0.3 is 14.1 Å². The largest absolute Gasteiger partial charge is 0.425 e. The Labute approximate surface area is 126 Å². The molecule has 2 aromatic rings. The Balaban J connectivity index is 1.64. The minimum atomic E-state index is -0.391. The highest BCUT2D eigenvalue weighted by molar-refractivity contribution is 5.94. The van der Waals surface area contributed by atoms with E-state index in [1.54, 1.807) is 13.0 Å². The molecule has 0 aromatic carbocycles. The highest BCUT2D eigenvalue weighted by atomic mass is 16.5. The third-order valence-electron chi connectivity index (χ3n) is 4.44. The van der Waals surface area contributed by atoms with Crippen LogP contribution < -0.4 is 0 Å². The van der Waals surface area contributed by atoms with Crippen LogP contribution in [0, 0.1) is 12.8 Å². The number of hydrogen-bond acceptors (Lipinski definition) is 7. The molecule has 114 valence electrons. The lowest BCUT2D eigenvalue weighted by Crippen LogP contribution is -2.37. The van der Waals surface area contributed by atoms with Crippen molar-refractivity contribution in [2.45, 2.75) is 12.3 Å². The van der Waals surface area contributed by atoms with E-state index in [1.807, 2.05) is 4.90 Å². The van der Waals surface area contributed by atoms with E-state index in [0.29, 0.717) is 43.6 Å². The Morgan fingerprint density at radius 2 is 2.32 bits per heavy atom. The van der Waals surface area contributed by atoms with Crippen LogP contribution in [0.15, 0.2) is 22.9 Å². The molecule has 22 heavy (non-hydrogen) atoms. The standard InChI is InChI=1S/C14H15N5O3/c1-9-17-18-13(22-9)14-7-19(5-11(14)6-21-8-14)12(20)10-2-3-15-16-4-10/h2-4,11H,5-8H2,1H3/t11-,14-/m0/s1. The molecule has 2 fully saturated rings. The van der Waals surface area contributed by atoms with Gasteiger partial charge in [0.05, 0.1) is 36.6 Å². The summed E-state index contributed by atoms with van der Waals surface area (Å²) in [5.41, 5.74) is 0.143. The van der Waals surface area contributed by atoms with Gasteiger partial charge >= 0.3 is 0 Å². The van der Waals surface area contributed by atoms with Crippen molar-refractivity contribution in [1.29, 1.82) is 0 Å². The topological polar surface area (TPSA) is 94.2 Å². The van der Waals surface area contributed by atoms with Crippen molar-refractivity contribution in [2.75, 3.05) is 26.3 Å². The Hall–Kier alpha value is -2.35. The predicted octanol–water partition coefficient (Wildman–Crippen LogP) is 0.208. The fourth-order valence-electron chi connectivity index (χ4n) is 3.29. The zero-order valence-electron chi connectivity index (χ0n) is 12.1. The van der Waals surface area contributed by atoms with Crippen LogP contribution in [0.25, 0.3) is 0 Å². The molecule has 4 rings (SSSR count). The van der Waals surface area contributed by atoms with Crippen molar-refractivity contribution < 1.29 is 13.9 Å². The number of carbonyl (C=O) groups is 1. The molecule has 1 amide bonds. The summed E-state index contributed by atoms with van der Waals surface area (Å²) in [6, 6.07) is 1.67. The summed E-state index contributed by atoms with van der Waals surface area (Å²) in [5, 5.41) is 15.6. The number of nitrogens with zero attached hydrogens (tertiary/aromatic N) is 5. The lowest BCUT2D eigenvalue weighted by atomic mass is 9.81. The first-order chi connectivity index (χ1) is 10.7. The SMILES string of the molecule is Cc1nnc([C@@]23COC[C@@H]2CN(C(=O)c2ccnnc2)C3)o1. The minimum absolute atomic E-state index is 0.0556. The van der Waals surface area contributed by atoms with Gasteiger partial charge in [0.1, 0.15) is 0 Å². The lowest BCUT2D eigenvalue weighted by molar-refractivity contribution is 0.0737. The number of fused-ring (bicyclic) bond motifs is 1. The molecule has 8 heteroatoms. The zero-order valence-corrected chi connectivity index (χ0v) is 12.1. The maximum absolute atomic E-state index is 12.6. The van der Waals surface area contributed by atoms with E-state index in [0.717, 1.165) is 0 Å². The molecule has 2 aromatic heterocycles. The molecule has 2 saturated heterocycles. The fourth-order valence-corrected chi connectivity index (χ4v) is 3.29. The van der Waals surface area contributed by atoms with Crippen molar-refractivity contribution in [1.82, 2.24) is 25.3 Å². The summed E-state index contributed by atoms with van der Waals surface area (Å²) in [4.78, 5) is 14.4. The van der Waals surface area contributed by atoms with Gasteiger partial charge in [0, 0.05) is 25.9 Å². The lowest BCUT2D eigenvalue weighted by Gasteiger charge is -2.22. The van der Waals surface area contributed by atoms with Gasteiger partial charge in [-0.2, -0.15) is 10.2 Å². The molecule has 8 nitrogen and oxygen atoms in total. The molecule has 0 N–H and O–H groups in total. The average Bonchev–Trinajstić information content (AvgIpc) is 3.20. The average molecular weight is 301 g/mol. The smallest absolute Gasteiger partial charge is 0.255 e. The molecule has 0 spiro atoms. The Morgan fingerprint density at radius 3 is 3.05 bits per heavy atom. The van der Waals surface area contributed by atoms with Gasteiger partial charge in [-0.25, -0.2) is 0 Å². The fraction of sp³-hybridized carbons (Fsp3) is 0.500. The van der Waals surface area contributed by atoms with Crippen LogP contribution in [-0.4, -0.2) is 57.5 Å². The second-order valence-electron chi connectivity index (χ2n) is 5.81. The zero-order chi connectivity index (χ0) is 15.2. The second kappa shape index (κ2) is 4.84. The van der Waals surface area contributed by atoms with Crippen LogP contribution in [0.3, 0.4) is 0 Å². The van der Waals surface area contributed by atoms with Gasteiger partial charge in [0.15, 0.2) is 0 Å². The number of aryl methyl sites for hydroxylation is 1. The van der Waals surface area contributed by atoms with Crippen LogP contribution in [0.1, 0.15) is 22.1 Å². The second-order valence-corrected chi connectivity index (χ2v) is 5.81. The maximum Gasteiger partial charge on any atom is 0.255 e. The van der Waals surface area contributed by atoms with E-state index in [9.17, 15) is 4.79 Å². The third kappa shape index (κ3) is 1.91. The van der Waals surface area contributed by atoms with Gasteiger partial charge in [-0.1, -0.05) is 0 Å². The third-order valence-corrected chi connectivity index (χ3v) is 4.44. The van der Waals surface area contributed by atoms with Crippen molar-refractivity contribution in [3.63, 3.8) is 0 Å². The van der Waals surface area contributed by atoms with Gasteiger partial charge in [-0.15, -0.1) is 10.2 Å². The summed E-state index contributed by atoms with van der Waals surface area (Å²) in [6.07, 6.45) is 3.00. The van der Waals surface area contributed by atoms with Crippen LogP contribution in [-0.2, 0) is 10.2 Å². The molecular formula is C14H15N5O3. The number of hydrogen-bond donors (Lipinski definition) is 0. The van der Waals surface area contributed by atoms with Crippen LogP contribution in [0.5, 0.6) is 0 Å². The number of carbonyl (C=O) groups excluding carboxylic acids is 1. The Kier molecular flexibility index (Phi) is 2.93. The summed E-state index contributed by atoms with van der Waals surface area (Å²) < 4.78 is 11.3. The van der Waals surface area contributed by atoms with Crippen molar-refractivity contribution >= 4 is 5.91 Å². The first-order valence-corrected chi connectivity index (χ1v) is 7.13. The van der Waals surface area contributed by atoms with Crippen LogP contribution in [0.2, 0.25) is 0 Å². The van der Waals surface area contributed by atoms with Crippen LogP contribution in [0.4, 0.5) is 0 Å². The van der Waals surface area contributed by atoms with E-state index in [1.165, 1.54) is 12.4 Å². The minimum Gasteiger partial charge on any atom is -0.425 e. The van der Waals surface area contributed by atoms with E-state index in [2.05, 4.69) is 20.4 Å². The van der Waals surface area contributed by atoms with Crippen molar-refractivity contribution in [3.8, 4) is 0 Å².